The molecule has 0 radical (unpaired) electrons. The molecular weight excluding hydrogens is 354 g/mol. The average molecular weight is 381 g/mol. The number of carbonyl (C=O) groups is 2. The van der Waals surface area contributed by atoms with Crippen molar-refractivity contribution in [1.82, 2.24) is 15.3 Å². The van der Waals surface area contributed by atoms with Crippen LogP contribution in [0.15, 0.2) is 18.2 Å². The van der Waals surface area contributed by atoms with E-state index in [9.17, 15) is 9.59 Å². The predicted octanol–water partition coefficient (Wildman–Crippen LogP) is 2.35. The number of benzene rings is 1. The number of rotatable bonds is 1. The Morgan fingerprint density at radius 3 is 2.58 bits per heavy atom. The van der Waals surface area contributed by atoms with E-state index in [1.54, 1.807) is 23.7 Å². The van der Waals surface area contributed by atoms with E-state index in [0.717, 1.165) is 31.5 Å². The van der Waals surface area contributed by atoms with Gasteiger partial charge >= 0.3 is 6.03 Å². The van der Waals surface area contributed by atoms with Crippen LogP contribution < -0.4 is 10.2 Å². The summed E-state index contributed by atoms with van der Waals surface area (Å²) in [7, 11) is 0. The van der Waals surface area contributed by atoms with Crippen LogP contribution in [0, 0.1) is 5.92 Å². The third-order valence-electron chi connectivity index (χ3n) is 5.08. The molecule has 0 aromatic heterocycles. The van der Waals surface area contributed by atoms with Gasteiger partial charge in [-0.2, -0.15) is 13.5 Å². The summed E-state index contributed by atoms with van der Waals surface area (Å²) in [4.78, 5) is 28.3. The largest absolute Gasteiger partial charge is 0.491 e. The number of hydroxylamine groups is 1. The molecule has 0 saturated carbocycles. The van der Waals surface area contributed by atoms with Gasteiger partial charge in [0.2, 0.25) is 0 Å². The molecule has 2 heterocycles. The van der Waals surface area contributed by atoms with Crippen LogP contribution in [0.3, 0.4) is 0 Å². The zero-order chi connectivity index (χ0) is 18.0. The second-order valence-electron chi connectivity index (χ2n) is 7.00. The van der Waals surface area contributed by atoms with E-state index in [1.165, 1.54) is 0 Å². The minimum absolute atomic E-state index is 0. The Morgan fingerprint density at radius 2 is 1.92 bits per heavy atom. The molecule has 26 heavy (non-hydrogen) atoms. The van der Waals surface area contributed by atoms with Crippen molar-refractivity contribution in [3.8, 4) is 5.75 Å². The number of hydrogen-bond donors (Lipinski definition) is 2. The maximum absolute atomic E-state index is 13.0. The van der Waals surface area contributed by atoms with Gasteiger partial charge in [0, 0.05) is 24.2 Å². The van der Waals surface area contributed by atoms with Gasteiger partial charge in [-0.1, -0.05) is 13.0 Å². The third-order valence-corrected chi connectivity index (χ3v) is 5.08. The van der Waals surface area contributed by atoms with Crippen LogP contribution in [0.1, 0.15) is 42.6 Å². The normalized spacial score (nSPS) is 20.3. The molecule has 0 bridgehead atoms. The van der Waals surface area contributed by atoms with E-state index < -0.39 is 5.91 Å². The zero-order valence-electron chi connectivity index (χ0n) is 15.2. The molecule has 2 aliphatic rings. The molecule has 3 amide bonds. The lowest BCUT2D eigenvalue weighted by molar-refractivity contribution is 0.0706. The lowest BCUT2D eigenvalue weighted by Gasteiger charge is -2.36. The summed E-state index contributed by atoms with van der Waals surface area (Å²) >= 11 is 0. The van der Waals surface area contributed by atoms with Crippen LogP contribution in [-0.2, 0) is 6.54 Å². The molecule has 7 nitrogen and oxygen atoms in total. The second kappa shape index (κ2) is 8.64. The minimum atomic E-state index is -0.584. The van der Waals surface area contributed by atoms with Crippen molar-refractivity contribution in [3.05, 3.63) is 29.3 Å². The highest BCUT2D eigenvalue weighted by molar-refractivity contribution is 7.59. The molecule has 1 aromatic carbocycles. The summed E-state index contributed by atoms with van der Waals surface area (Å²) in [6.07, 6.45) is 2.08. The first-order valence-electron chi connectivity index (χ1n) is 8.75. The Hall–Kier alpha value is -1.93. The summed E-state index contributed by atoms with van der Waals surface area (Å²) in [5, 5.41) is 8.77. The Balaban J connectivity index is 0.00000243. The van der Waals surface area contributed by atoms with Gasteiger partial charge in [0.15, 0.2) is 0 Å². The molecule has 1 aromatic rings. The van der Waals surface area contributed by atoms with Crippen LogP contribution in [0.25, 0.3) is 0 Å². The van der Waals surface area contributed by atoms with E-state index >= 15 is 0 Å². The monoisotopic (exact) mass is 381 g/mol. The number of likely N-dealkylation sites (tertiary alicyclic amines) is 1. The standard InChI is InChI=1S/C18H25N3O4.H2S/c1-12-5-7-20(8-6-12)18(23)21-10-15-4-3-14(17(22)19-24)9-16(15)25-11-13(21)2;/h3-4,9,12-13,24H,5-8,10-11H2,1-2H3,(H,19,22);1H2/t13-;/m0./s1. The quantitative estimate of drug-likeness (QED) is 0.578. The highest BCUT2D eigenvalue weighted by Crippen LogP contribution is 2.28. The van der Waals surface area contributed by atoms with Gasteiger partial charge in [-0.15, -0.1) is 0 Å². The fourth-order valence-electron chi connectivity index (χ4n) is 3.30. The number of fused-ring (bicyclic) bond motifs is 1. The smallest absolute Gasteiger partial charge is 0.320 e. The molecular formula is C18H27N3O4S. The molecule has 0 unspecified atom stereocenters. The molecule has 1 saturated heterocycles. The molecule has 144 valence electrons. The zero-order valence-corrected chi connectivity index (χ0v) is 16.2. The number of amides is 3. The molecule has 2 N–H and O–H groups in total. The molecule has 1 atom stereocenters. The Kier molecular flexibility index (Phi) is 6.77. The lowest BCUT2D eigenvalue weighted by Crippen LogP contribution is -2.50. The van der Waals surface area contributed by atoms with Gasteiger partial charge < -0.3 is 14.5 Å². The highest BCUT2D eigenvalue weighted by Gasteiger charge is 2.31. The Bertz CT molecular complexity index is 662. The number of ether oxygens (including phenoxy) is 1. The molecule has 8 heteroatoms. The van der Waals surface area contributed by atoms with Crippen LogP contribution in [0.2, 0.25) is 0 Å². The van der Waals surface area contributed by atoms with E-state index in [0.29, 0.717) is 30.4 Å². The van der Waals surface area contributed by atoms with Gasteiger partial charge in [-0.25, -0.2) is 10.3 Å². The van der Waals surface area contributed by atoms with Crippen molar-refractivity contribution in [3.63, 3.8) is 0 Å². The number of piperidine rings is 1. The number of nitrogens with one attached hydrogen (secondary N) is 1. The second-order valence-corrected chi connectivity index (χ2v) is 7.00. The van der Waals surface area contributed by atoms with Crippen LogP contribution in [0.5, 0.6) is 5.75 Å². The van der Waals surface area contributed by atoms with Gasteiger partial charge in [-0.3, -0.25) is 10.0 Å². The summed E-state index contributed by atoms with van der Waals surface area (Å²) in [5.74, 6) is 0.667. The van der Waals surface area contributed by atoms with Crippen molar-refractivity contribution in [2.75, 3.05) is 19.7 Å². The van der Waals surface area contributed by atoms with E-state index in [4.69, 9.17) is 9.94 Å². The molecule has 0 aliphatic carbocycles. The maximum atomic E-state index is 13.0. The summed E-state index contributed by atoms with van der Waals surface area (Å²) < 4.78 is 5.81. The average Bonchev–Trinajstić information content (AvgIpc) is 2.79. The van der Waals surface area contributed by atoms with Gasteiger partial charge in [-0.05, 0) is 37.8 Å². The molecule has 2 aliphatic heterocycles. The van der Waals surface area contributed by atoms with Crippen molar-refractivity contribution in [1.29, 1.82) is 0 Å². The number of hydrogen-bond acceptors (Lipinski definition) is 4. The molecule has 3 rings (SSSR count). The minimum Gasteiger partial charge on any atom is -0.491 e. The van der Waals surface area contributed by atoms with E-state index in [1.807, 2.05) is 16.7 Å². The third kappa shape index (κ3) is 4.24. The highest BCUT2D eigenvalue weighted by atomic mass is 32.1. The van der Waals surface area contributed by atoms with Gasteiger partial charge in [0.25, 0.3) is 5.91 Å². The predicted molar refractivity (Wildman–Crippen MR) is 102 cm³/mol. The van der Waals surface area contributed by atoms with Crippen molar-refractivity contribution in [2.24, 2.45) is 5.92 Å². The summed E-state index contributed by atoms with van der Waals surface area (Å²) in [6, 6.07) is 4.98. The van der Waals surface area contributed by atoms with Crippen molar-refractivity contribution in [2.45, 2.75) is 39.3 Å². The number of carbonyl (C=O) groups excluding carboxylic acids is 2. The molecule has 0 spiro atoms. The van der Waals surface area contributed by atoms with Crippen LogP contribution >= 0.6 is 13.5 Å². The van der Waals surface area contributed by atoms with Crippen molar-refractivity contribution >= 4 is 25.4 Å². The van der Waals surface area contributed by atoms with E-state index in [2.05, 4.69) is 6.92 Å². The van der Waals surface area contributed by atoms with Gasteiger partial charge in [0.05, 0.1) is 12.6 Å². The van der Waals surface area contributed by atoms with Crippen molar-refractivity contribution < 1.29 is 19.5 Å². The number of urea groups is 1. The molecule has 1 fully saturated rings. The van der Waals surface area contributed by atoms with Crippen LogP contribution in [0.4, 0.5) is 4.79 Å². The van der Waals surface area contributed by atoms with Gasteiger partial charge in [0.1, 0.15) is 12.4 Å². The first kappa shape index (κ1) is 20.4. The number of nitrogens with zero attached hydrogens (tertiary/aromatic N) is 2. The first-order chi connectivity index (χ1) is 12.0. The lowest BCUT2D eigenvalue weighted by atomic mass is 9.99. The fourth-order valence-corrected chi connectivity index (χ4v) is 3.30. The fraction of sp³-hybridized carbons (Fsp3) is 0.556. The topological polar surface area (TPSA) is 82.1 Å². The Morgan fingerprint density at radius 1 is 1.23 bits per heavy atom. The van der Waals surface area contributed by atoms with E-state index in [-0.39, 0.29) is 25.6 Å². The maximum Gasteiger partial charge on any atom is 0.320 e. The summed E-state index contributed by atoms with van der Waals surface area (Å²) in [5.41, 5.74) is 2.80. The summed E-state index contributed by atoms with van der Waals surface area (Å²) in [6.45, 7) is 6.60. The Labute approximate surface area is 160 Å². The van der Waals surface area contributed by atoms with Crippen LogP contribution in [-0.4, -0.2) is 52.7 Å². The SMILES string of the molecule is CC1CCN(C(=O)N2Cc3ccc(C(=O)NO)cc3OC[C@@H]2C)CC1.S. The first-order valence-corrected chi connectivity index (χ1v) is 8.75.